The number of aryl methyl sites for hydroxylation is 1. The van der Waals surface area contributed by atoms with Crippen LogP contribution in [0.5, 0.6) is 11.5 Å². The number of ether oxygens (including phenoxy) is 1. The number of nitrogens with zero attached hydrogens (tertiary/aromatic N) is 3. The lowest BCUT2D eigenvalue weighted by Gasteiger charge is -2.06. The molecule has 1 aromatic carbocycles. The van der Waals surface area contributed by atoms with E-state index < -0.39 is 0 Å². The molecule has 0 fully saturated rings. The Hall–Kier alpha value is -2.74. The Kier molecular flexibility index (Phi) is 3.61. The molecular weight excluding hydrogens is 290 g/mol. The molecule has 0 aliphatic carbocycles. The predicted molar refractivity (Wildman–Crippen MR) is 77.7 cm³/mol. The van der Waals surface area contributed by atoms with Gasteiger partial charge >= 0.3 is 0 Å². The molecule has 8 heteroatoms. The molecular formula is C13H11N5O2S. The quantitative estimate of drug-likeness (QED) is 0.772. The third-order valence-corrected chi connectivity index (χ3v) is 3.55. The fraction of sp³-hybridized carbons (Fsp3) is 0.0769. The Balaban J connectivity index is 1.77. The van der Waals surface area contributed by atoms with E-state index in [0.717, 1.165) is 5.56 Å². The zero-order chi connectivity index (χ0) is 14.7. The van der Waals surface area contributed by atoms with Crippen LogP contribution in [-0.4, -0.2) is 26.5 Å². The zero-order valence-electron chi connectivity index (χ0n) is 11.0. The molecule has 0 radical (unpaired) electrons. The Bertz CT molecular complexity index is 736. The Labute approximate surface area is 124 Å². The fourth-order valence-electron chi connectivity index (χ4n) is 1.65. The summed E-state index contributed by atoms with van der Waals surface area (Å²) in [6.07, 6.45) is 0. The van der Waals surface area contributed by atoms with Crippen molar-refractivity contribution >= 4 is 23.2 Å². The summed E-state index contributed by atoms with van der Waals surface area (Å²) in [5.74, 6) is 0.945. The molecule has 0 unspecified atom stereocenters. The number of rotatable bonds is 4. The molecule has 0 atom stereocenters. The zero-order valence-corrected chi connectivity index (χ0v) is 11.8. The number of aromatic amines is 1. The van der Waals surface area contributed by atoms with Crippen LogP contribution in [0.3, 0.4) is 0 Å². The van der Waals surface area contributed by atoms with Crippen molar-refractivity contribution in [3.8, 4) is 11.5 Å². The molecule has 0 aliphatic heterocycles. The molecule has 21 heavy (non-hydrogen) atoms. The highest BCUT2D eigenvalue weighted by Gasteiger charge is 2.16. The van der Waals surface area contributed by atoms with Gasteiger partial charge in [0.1, 0.15) is 10.6 Å². The third kappa shape index (κ3) is 3.06. The highest BCUT2D eigenvalue weighted by Crippen LogP contribution is 2.30. The first-order valence-corrected chi connectivity index (χ1v) is 6.97. The Morgan fingerprint density at radius 1 is 1.29 bits per heavy atom. The lowest BCUT2D eigenvalue weighted by Crippen LogP contribution is -2.12. The van der Waals surface area contributed by atoms with Crippen LogP contribution < -0.4 is 10.1 Å². The molecule has 1 amide bonds. The molecule has 7 nitrogen and oxygen atoms in total. The lowest BCUT2D eigenvalue weighted by atomic mass is 10.2. The topological polar surface area (TPSA) is 92.8 Å². The van der Waals surface area contributed by atoms with E-state index in [-0.39, 0.29) is 11.9 Å². The highest BCUT2D eigenvalue weighted by molar-refractivity contribution is 7.12. The molecule has 0 spiro atoms. The largest absolute Gasteiger partial charge is 0.456 e. The number of thiophene rings is 1. The van der Waals surface area contributed by atoms with E-state index in [1.807, 2.05) is 31.2 Å². The van der Waals surface area contributed by atoms with Gasteiger partial charge < -0.3 is 4.74 Å². The summed E-state index contributed by atoms with van der Waals surface area (Å²) in [7, 11) is 0. The lowest BCUT2D eigenvalue weighted by molar-refractivity contribution is 0.102. The first kappa shape index (κ1) is 13.3. The molecule has 3 aromatic rings. The molecule has 2 heterocycles. The second kappa shape index (κ2) is 5.71. The predicted octanol–water partition coefficient (Wildman–Crippen LogP) is 2.61. The smallest absolute Gasteiger partial charge is 0.272 e. The van der Waals surface area contributed by atoms with E-state index in [1.54, 1.807) is 11.4 Å². The maximum atomic E-state index is 12.1. The van der Waals surface area contributed by atoms with E-state index in [4.69, 9.17) is 4.74 Å². The first-order chi connectivity index (χ1) is 10.2. The van der Waals surface area contributed by atoms with Gasteiger partial charge in [-0.1, -0.05) is 22.8 Å². The molecule has 2 N–H and O–H groups in total. The van der Waals surface area contributed by atoms with E-state index in [0.29, 0.717) is 16.4 Å². The minimum Gasteiger partial charge on any atom is -0.456 e. The van der Waals surface area contributed by atoms with Crippen molar-refractivity contribution < 1.29 is 9.53 Å². The van der Waals surface area contributed by atoms with Crippen molar-refractivity contribution in [1.29, 1.82) is 0 Å². The SMILES string of the molecule is Cc1ccc(Oc2ccsc2C(=O)Nc2nn[nH]n2)cc1. The van der Waals surface area contributed by atoms with Gasteiger partial charge in [0.25, 0.3) is 11.9 Å². The number of anilines is 1. The van der Waals surface area contributed by atoms with Crippen molar-refractivity contribution in [2.24, 2.45) is 0 Å². The van der Waals surface area contributed by atoms with Gasteiger partial charge in [-0.2, -0.15) is 5.21 Å². The van der Waals surface area contributed by atoms with Crippen LogP contribution in [-0.2, 0) is 0 Å². The van der Waals surface area contributed by atoms with Gasteiger partial charge in [-0.3, -0.25) is 10.1 Å². The van der Waals surface area contributed by atoms with Crippen LogP contribution in [0.4, 0.5) is 5.95 Å². The van der Waals surface area contributed by atoms with Crippen molar-refractivity contribution in [3.05, 3.63) is 46.2 Å². The normalized spacial score (nSPS) is 10.3. The van der Waals surface area contributed by atoms with E-state index in [1.165, 1.54) is 11.3 Å². The summed E-state index contributed by atoms with van der Waals surface area (Å²) in [5, 5.41) is 17.3. The molecule has 0 saturated carbocycles. The van der Waals surface area contributed by atoms with E-state index >= 15 is 0 Å². The summed E-state index contributed by atoms with van der Waals surface area (Å²) in [6.45, 7) is 2.00. The number of H-pyrrole nitrogens is 1. The van der Waals surface area contributed by atoms with Crippen molar-refractivity contribution in [2.75, 3.05) is 5.32 Å². The van der Waals surface area contributed by atoms with Gasteiger partial charge in [0, 0.05) is 0 Å². The standard InChI is InChI=1S/C13H11N5O2S/c1-8-2-4-9(5-3-8)20-10-6-7-21-11(10)12(19)14-13-15-17-18-16-13/h2-7H,1H3,(H2,14,15,16,17,18,19). The third-order valence-electron chi connectivity index (χ3n) is 2.65. The van der Waals surface area contributed by atoms with Gasteiger partial charge in [0.05, 0.1) is 0 Å². The van der Waals surface area contributed by atoms with Crippen LogP contribution >= 0.6 is 11.3 Å². The molecule has 0 saturated heterocycles. The first-order valence-electron chi connectivity index (χ1n) is 6.09. The number of carbonyl (C=O) groups excluding carboxylic acids is 1. The summed E-state index contributed by atoms with van der Waals surface area (Å²) in [6, 6.07) is 9.35. The number of hydrogen-bond acceptors (Lipinski definition) is 6. The van der Waals surface area contributed by atoms with E-state index in [2.05, 4.69) is 25.9 Å². The maximum Gasteiger partial charge on any atom is 0.272 e. The van der Waals surface area contributed by atoms with Gasteiger partial charge in [0.2, 0.25) is 0 Å². The second-order valence-corrected chi connectivity index (χ2v) is 5.13. The molecule has 106 valence electrons. The second-order valence-electron chi connectivity index (χ2n) is 4.22. The molecule has 3 rings (SSSR count). The van der Waals surface area contributed by atoms with E-state index in [9.17, 15) is 4.79 Å². The number of tetrazole rings is 1. The summed E-state index contributed by atoms with van der Waals surface area (Å²) >= 11 is 1.28. The van der Waals surface area contributed by atoms with Crippen LogP contribution in [0.2, 0.25) is 0 Å². The summed E-state index contributed by atoms with van der Waals surface area (Å²) in [5.41, 5.74) is 1.14. The number of nitrogens with one attached hydrogen (secondary N) is 2. The monoisotopic (exact) mass is 301 g/mol. The average Bonchev–Trinajstić information content (AvgIpc) is 3.13. The van der Waals surface area contributed by atoms with Crippen LogP contribution in [0.1, 0.15) is 15.2 Å². The maximum absolute atomic E-state index is 12.1. The highest BCUT2D eigenvalue weighted by atomic mass is 32.1. The minimum atomic E-state index is -0.339. The van der Waals surface area contributed by atoms with Gasteiger partial charge in [-0.15, -0.1) is 16.4 Å². The summed E-state index contributed by atoms with van der Waals surface area (Å²) < 4.78 is 5.73. The van der Waals surface area contributed by atoms with Gasteiger partial charge in [-0.05, 0) is 35.7 Å². The van der Waals surface area contributed by atoms with Crippen molar-refractivity contribution in [1.82, 2.24) is 20.6 Å². The Morgan fingerprint density at radius 3 is 2.81 bits per heavy atom. The van der Waals surface area contributed by atoms with Crippen LogP contribution in [0, 0.1) is 6.92 Å². The minimum absolute atomic E-state index is 0.120. The fourth-order valence-corrected chi connectivity index (χ4v) is 2.36. The molecule has 2 aromatic heterocycles. The van der Waals surface area contributed by atoms with Crippen LogP contribution in [0.15, 0.2) is 35.7 Å². The molecule has 0 bridgehead atoms. The Morgan fingerprint density at radius 2 is 2.10 bits per heavy atom. The van der Waals surface area contributed by atoms with Gasteiger partial charge in [0.15, 0.2) is 5.75 Å². The number of carbonyl (C=O) groups is 1. The summed E-state index contributed by atoms with van der Waals surface area (Å²) in [4.78, 5) is 12.6. The number of benzene rings is 1. The number of aromatic nitrogens is 4. The molecule has 0 aliphatic rings. The van der Waals surface area contributed by atoms with Crippen molar-refractivity contribution in [2.45, 2.75) is 6.92 Å². The van der Waals surface area contributed by atoms with Gasteiger partial charge in [-0.25, -0.2) is 0 Å². The van der Waals surface area contributed by atoms with Crippen molar-refractivity contribution in [3.63, 3.8) is 0 Å². The number of amides is 1. The average molecular weight is 301 g/mol. The number of hydrogen-bond donors (Lipinski definition) is 2. The van der Waals surface area contributed by atoms with Crippen LogP contribution in [0.25, 0.3) is 0 Å².